The van der Waals surface area contributed by atoms with Crippen LogP contribution in [0.25, 0.3) is 5.69 Å². The van der Waals surface area contributed by atoms with Crippen molar-refractivity contribution < 1.29 is 5.11 Å². The molecule has 3 nitrogen and oxygen atoms in total. The van der Waals surface area contributed by atoms with Gasteiger partial charge >= 0.3 is 0 Å². The van der Waals surface area contributed by atoms with Gasteiger partial charge in [-0.3, -0.25) is 0 Å². The molecule has 0 saturated carbocycles. The standard InChI is InChI=1S/C13H16N2O/c1-10(2)12-5-3-4-6-13(12)15-7-11(8-16)14-9-15/h3-7,9-10,16H,8H2,1-2H3. The summed E-state index contributed by atoms with van der Waals surface area (Å²) in [4.78, 5) is 4.12. The SMILES string of the molecule is CC(C)c1ccccc1-n1cnc(CO)c1. The molecule has 84 valence electrons. The molecule has 0 aliphatic rings. The van der Waals surface area contributed by atoms with Crippen LogP contribution in [0.4, 0.5) is 0 Å². The van der Waals surface area contributed by atoms with E-state index in [1.165, 1.54) is 5.56 Å². The van der Waals surface area contributed by atoms with Gasteiger partial charge in [0.25, 0.3) is 0 Å². The maximum Gasteiger partial charge on any atom is 0.0996 e. The third kappa shape index (κ3) is 1.99. The van der Waals surface area contributed by atoms with Crippen LogP contribution in [0, 0.1) is 0 Å². The van der Waals surface area contributed by atoms with E-state index in [0.29, 0.717) is 11.6 Å². The van der Waals surface area contributed by atoms with Crippen molar-refractivity contribution >= 4 is 0 Å². The highest BCUT2D eigenvalue weighted by atomic mass is 16.3. The smallest absolute Gasteiger partial charge is 0.0996 e. The molecule has 0 fully saturated rings. The Labute approximate surface area is 95.4 Å². The highest BCUT2D eigenvalue weighted by Crippen LogP contribution is 2.22. The summed E-state index contributed by atoms with van der Waals surface area (Å²) in [6.07, 6.45) is 3.61. The van der Waals surface area contributed by atoms with Crippen LogP contribution in [0.5, 0.6) is 0 Å². The summed E-state index contributed by atoms with van der Waals surface area (Å²) < 4.78 is 1.96. The number of aromatic nitrogens is 2. The average molecular weight is 216 g/mol. The van der Waals surface area contributed by atoms with E-state index in [2.05, 4.69) is 31.0 Å². The molecular weight excluding hydrogens is 200 g/mol. The second kappa shape index (κ2) is 4.49. The van der Waals surface area contributed by atoms with E-state index in [9.17, 15) is 0 Å². The number of hydrogen-bond donors (Lipinski definition) is 1. The van der Waals surface area contributed by atoms with Gasteiger partial charge in [-0.2, -0.15) is 0 Å². The summed E-state index contributed by atoms with van der Waals surface area (Å²) in [5.74, 6) is 0.469. The van der Waals surface area contributed by atoms with Crippen LogP contribution in [-0.2, 0) is 6.61 Å². The zero-order valence-corrected chi connectivity index (χ0v) is 9.59. The Morgan fingerprint density at radius 2 is 2.06 bits per heavy atom. The van der Waals surface area contributed by atoms with Gasteiger partial charge in [0.2, 0.25) is 0 Å². The largest absolute Gasteiger partial charge is 0.390 e. The maximum atomic E-state index is 9.00. The molecule has 2 aromatic rings. The first-order valence-corrected chi connectivity index (χ1v) is 5.45. The Hall–Kier alpha value is -1.61. The van der Waals surface area contributed by atoms with Gasteiger partial charge in [-0.15, -0.1) is 0 Å². The van der Waals surface area contributed by atoms with Crippen LogP contribution in [0.15, 0.2) is 36.8 Å². The Balaban J connectivity index is 2.46. The molecule has 0 atom stereocenters. The monoisotopic (exact) mass is 216 g/mol. The van der Waals surface area contributed by atoms with E-state index in [-0.39, 0.29) is 6.61 Å². The summed E-state index contributed by atoms with van der Waals surface area (Å²) >= 11 is 0. The minimum Gasteiger partial charge on any atom is -0.390 e. The molecule has 16 heavy (non-hydrogen) atoms. The van der Waals surface area contributed by atoms with Crippen molar-refractivity contribution in [3.05, 3.63) is 48.0 Å². The van der Waals surface area contributed by atoms with Crippen molar-refractivity contribution in [1.82, 2.24) is 9.55 Å². The van der Waals surface area contributed by atoms with Gasteiger partial charge in [0.05, 0.1) is 18.6 Å². The predicted octanol–water partition coefficient (Wildman–Crippen LogP) is 2.49. The lowest BCUT2D eigenvalue weighted by molar-refractivity contribution is 0.277. The first-order valence-electron chi connectivity index (χ1n) is 5.45. The van der Waals surface area contributed by atoms with Crippen LogP contribution >= 0.6 is 0 Å². The quantitative estimate of drug-likeness (QED) is 0.856. The number of benzene rings is 1. The van der Waals surface area contributed by atoms with Gasteiger partial charge < -0.3 is 9.67 Å². The maximum absolute atomic E-state index is 9.00. The molecule has 0 amide bonds. The first kappa shape index (κ1) is 10.9. The van der Waals surface area contributed by atoms with E-state index >= 15 is 0 Å². The number of hydrogen-bond acceptors (Lipinski definition) is 2. The molecule has 0 spiro atoms. The summed E-state index contributed by atoms with van der Waals surface area (Å²) in [7, 11) is 0. The fourth-order valence-corrected chi connectivity index (χ4v) is 1.79. The van der Waals surface area contributed by atoms with E-state index in [0.717, 1.165) is 5.69 Å². The van der Waals surface area contributed by atoms with E-state index < -0.39 is 0 Å². The van der Waals surface area contributed by atoms with Crippen molar-refractivity contribution in [3.8, 4) is 5.69 Å². The van der Waals surface area contributed by atoms with Gasteiger partial charge in [0, 0.05) is 11.9 Å². The Bertz CT molecular complexity index is 474. The Morgan fingerprint density at radius 3 is 2.69 bits per heavy atom. The number of aliphatic hydroxyl groups excluding tert-OH is 1. The molecule has 0 aliphatic carbocycles. The van der Waals surface area contributed by atoms with Crippen LogP contribution < -0.4 is 0 Å². The molecule has 3 heteroatoms. The predicted molar refractivity (Wildman–Crippen MR) is 63.6 cm³/mol. The van der Waals surface area contributed by atoms with Crippen LogP contribution in [0.1, 0.15) is 31.0 Å². The molecule has 0 saturated heterocycles. The topological polar surface area (TPSA) is 38.0 Å². The van der Waals surface area contributed by atoms with Gasteiger partial charge in [0.15, 0.2) is 0 Å². The lowest BCUT2D eigenvalue weighted by Crippen LogP contribution is -1.98. The number of nitrogens with zero attached hydrogens (tertiary/aromatic N) is 2. The zero-order valence-electron chi connectivity index (χ0n) is 9.59. The van der Waals surface area contributed by atoms with Crippen molar-refractivity contribution in [2.45, 2.75) is 26.4 Å². The summed E-state index contributed by atoms with van der Waals surface area (Å²) in [6, 6.07) is 8.25. The second-order valence-corrected chi connectivity index (χ2v) is 4.14. The molecule has 2 rings (SSSR count). The molecule has 0 bridgehead atoms. The van der Waals surface area contributed by atoms with Crippen molar-refractivity contribution in [2.24, 2.45) is 0 Å². The molecule has 0 aliphatic heterocycles. The zero-order chi connectivity index (χ0) is 11.5. The summed E-state index contributed by atoms with van der Waals surface area (Å²) in [5, 5.41) is 9.00. The van der Waals surface area contributed by atoms with Gasteiger partial charge in [-0.1, -0.05) is 32.0 Å². The van der Waals surface area contributed by atoms with Crippen LogP contribution in [0.3, 0.4) is 0 Å². The molecule has 1 heterocycles. The fraction of sp³-hybridized carbons (Fsp3) is 0.308. The van der Waals surface area contributed by atoms with E-state index in [1.807, 2.05) is 22.9 Å². The highest BCUT2D eigenvalue weighted by molar-refractivity contribution is 5.43. The highest BCUT2D eigenvalue weighted by Gasteiger charge is 2.07. The molecule has 0 radical (unpaired) electrons. The molecule has 1 aromatic heterocycles. The number of para-hydroxylation sites is 1. The number of aliphatic hydroxyl groups is 1. The van der Waals surface area contributed by atoms with Crippen molar-refractivity contribution in [1.29, 1.82) is 0 Å². The molecule has 1 N–H and O–H groups in total. The third-order valence-electron chi connectivity index (χ3n) is 2.63. The summed E-state index contributed by atoms with van der Waals surface area (Å²) in [6.45, 7) is 4.32. The van der Waals surface area contributed by atoms with Crippen LogP contribution in [0.2, 0.25) is 0 Å². The average Bonchev–Trinajstić information content (AvgIpc) is 2.77. The minimum atomic E-state index is -0.0170. The first-order chi connectivity index (χ1) is 7.72. The van der Waals surface area contributed by atoms with Gasteiger partial charge in [-0.25, -0.2) is 4.98 Å². The van der Waals surface area contributed by atoms with Crippen molar-refractivity contribution in [2.75, 3.05) is 0 Å². The molecule has 0 unspecified atom stereocenters. The Kier molecular flexibility index (Phi) is 3.06. The Morgan fingerprint density at radius 1 is 1.31 bits per heavy atom. The third-order valence-corrected chi connectivity index (χ3v) is 2.63. The minimum absolute atomic E-state index is 0.0170. The summed E-state index contributed by atoms with van der Waals surface area (Å²) in [5.41, 5.74) is 3.10. The van der Waals surface area contributed by atoms with Crippen molar-refractivity contribution in [3.63, 3.8) is 0 Å². The number of imidazole rings is 1. The van der Waals surface area contributed by atoms with Gasteiger partial charge in [-0.05, 0) is 17.5 Å². The molecule has 1 aromatic carbocycles. The molecular formula is C13H16N2O. The van der Waals surface area contributed by atoms with Crippen LogP contribution in [-0.4, -0.2) is 14.7 Å². The lowest BCUT2D eigenvalue weighted by atomic mass is 10.0. The lowest BCUT2D eigenvalue weighted by Gasteiger charge is -2.12. The van der Waals surface area contributed by atoms with Gasteiger partial charge in [0.1, 0.15) is 0 Å². The van der Waals surface area contributed by atoms with E-state index in [4.69, 9.17) is 5.11 Å². The fourth-order valence-electron chi connectivity index (χ4n) is 1.79. The normalized spacial score (nSPS) is 11.0. The number of rotatable bonds is 3. The van der Waals surface area contributed by atoms with E-state index in [1.54, 1.807) is 6.33 Å². The second-order valence-electron chi connectivity index (χ2n) is 4.14.